The Bertz CT molecular complexity index is 584. The van der Waals surface area contributed by atoms with Crippen LogP contribution in [-0.2, 0) is 0 Å². The molecular weight excluding hydrogens is 260 g/mol. The zero-order chi connectivity index (χ0) is 14.5. The number of rotatable bonds is 5. The van der Waals surface area contributed by atoms with Crippen LogP contribution in [0.15, 0.2) is 36.7 Å². The maximum absolute atomic E-state index is 10.5. The van der Waals surface area contributed by atoms with Crippen molar-refractivity contribution in [1.29, 1.82) is 0 Å². The van der Waals surface area contributed by atoms with Crippen molar-refractivity contribution in [1.82, 2.24) is 9.97 Å². The van der Waals surface area contributed by atoms with E-state index in [4.69, 9.17) is 4.74 Å². The summed E-state index contributed by atoms with van der Waals surface area (Å²) in [6.45, 7) is 1.95. The van der Waals surface area contributed by atoms with Crippen LogP contribution >= 0.6 is 0 Å². The molecule has 1 atom stereocenters. The largest absolute Gasteiger partial charge is 0.497 e. The zero-order valence-corrected chi connectivity index (χ0v) is 11.1. The molecule has 2 aromatic rings. The van der Waals surface area contributed by atoms with E-state index in [0.29, 0.717) is 5.95 Å². The number of nitrogens with one attached hydrogen (secondary N) is 1. The Morgan fingerprint density at radius 1 is 1.25 bits per heavy atom. The predicted molar refractivity (Wildman–Crippen MR) is 73.7 cm³/mol. The van der Waals surface area contributed by atoms with E-state index >= 15 is 0 Å². The lowest BCUT2D eigenvalue weighted by atomic mass is 10.1. The van der Waals surface area contributed by atoms with Gasteiger partial charge in [-0.25, -0.2) is 9.97 Å². The molecule has 0 bridgehead atoms. The highest BCUT2D eigenvalue weighted by Gasteiger charge is 2.10. The molecule has 1 unspecified atom stereocenters. The van der Waals surface area contributed by atoms with Crippen molar-refractivity contribution in [3.05, 3.63) is 52.3 Å². The van der Waals surface area contributed by atoms with Crippen molar-refractivity contribution < 1.29 is 9.66 Å². The number of anilines is 1. The third kappa shape index (κ3) is 3.19. The van der Waals surface area contributed by atoms with Gasteiger partial charge >= 0.3 is 5.69 Å². The predicted octanol–water partition coefficient (Wildman–Crippen LogP) is 2.57. The molecule has 1 aromatic heterocycles. The van der Waals surface area contributed by atoms with Crippen molar-refractivity contribution in [2.75, 3.05) is 12.4 Å². The number of aromatic nitrogens is 2. The molecule has 1 aromatic carbocycles. The maximum atomic E-state index is 10.5. The van der Waals surface area contributed by atoms with E-state index < -0.39 is 4.92 Å². The van der Waals surface area contributed by atoms with Gasteiger partial charge in [-0.3, -0.25) is 10.1 Å². The third-order valence-corrected chi connectivity index (χ3v) is 2.81. The molecule has 0 saturated heterocycles. The Morgan fingerprint density at radius 2 is 1.85 bits per heavy atom. The third-order valence-electron chi connectivity index (χ3n) is 2.81. The average molecular weight is 274 g/mol. The first-order chi connectivity index (χ1) is 9.60. The molecular formula is C13H14N4O3. The summed E-state index contributed by atoms with van der Waals surface area (Å²) in [5, 5.41) is 13.6. The van der Waals surface area contributed by atoms with Crippen LogP contribution in [0.4, 0.5) is 11.6 Å². The van der Waals surface area contributed by atoms with Crippen LogP contribution in [-0.4, -0.2) is 22.0 Å². The summed E-state index contributed by atoms with van der Waals surface area (Å²) in [6, 6.07) is 7.57. The molecule has 0 aliphatic rings. The molecule has 104 valence electrons. The standard InChI is InChI=1S/C13H14N4O3/c1-9(10-3-5-12(20-2)6-4-10)16-13-14-7-11(8-15-13)17(18)19/h3-9H,1-2H3,(H,14,15,16). The zero-order valence-electron chi connectivity index (χ0n) is 11.1. The van der Waals surface area contributed by atoms with Gasteiger partial charge in [-0.05, 0) is 24.6 Å². The lowest BCUT2D eigenvalue weighted by molar-refractivity contribution is -0.385. The van der Waals surface area contributed by atoms with Crippen LogP contribution in [0.2, 0.25) is 0 Å². The minimum Gasteiger partial charge on any atom is -0.497 e. The molecule has 2 rings (SSSR count). The molecule has 0 aliphatic carbocycles. The number of nitro groups is 1. The second-order valence-electron chi connectivity index (χ2n) is 4.16. The van der Waals surface area contributed by atoms with E-state index in [-0.39, 0.29) is 11.7 Å². The van der Waals surface area contributed by atoms with Crippen molar-refractivity contribution in [3.8, 4) is 5.75 Å². The summed E-state index contributed by atoms with van der Waals surface area (Å²) in [4.78, 5) is 17.8. The minimum atomic E-state index is -0.531. The van der Waals surface area contributed by atoms with Gasteiger partial charge in [0.15, 0.2) is 0 Å². The fourth-order valence-corrected chi connectivity index (χ4v) is 1.66. The fourth-order valence-electron chi connectivity index (χ4n) is 1.66. The van der Waals surface area contributed by atoms with Crippen molar-refractivity contribution >= 4 is 11.6 Å². The summed E-state index contributed by atoms with van der Waals surface area (Å²) in [5.41, 5.74) is 0.903. The van der Waals surface area contributed by atoms with Gasteiger partial charge in [0, 0.05) is 0 Å². The molecule has 1 N–H and O–H groups in total. The molecule has 20 heavy (non-hydrogen) atoms. The molecule has 0 amide bonds. The number of hydrogen-bond donors (Lipinski definition) is 1. The van der Waals surface area contributed by atoms with Crippen LogP contribution in [0.25, 0.3) is 0 Å². The summed E-state index contributed by atoms with van der Waals surface area (Å²) >= 11 is 0. The van der Waals surface area contributed by atoms with Gasteiger partial charge in [-0.1, -0.05) is 12.1 Å². The summed E-state index contributed by atoms with van der Waals surface area (Å²) in [7, 11) is 1.61. The molecule has 0 spiro atoms. The second-order valence-corrected chi connectivity index (χ2v) is 4.16. The highest BCUT2D eigenvalue weighted by atomic mass is 16.6. The topological polar surface area (TPSA) is 90.2 Å². The first kappa shape index (κ1) is 13.7. The normalized spacial score (nSPS) is 11.7. The summed E-state index contributed by atoms with van der Waals surface area (Å²) in [5.74, 6) is 1.13. The number of nitrogens with zero attached hydrogens (tertiary/aromatic N) is 3. The van der Waals surface area contributed by atoms with E-state index in [1.54, 1.807) is 7.11 Å². The van der Waals surface area contributed by atoms with E-state index in [2.05, 4.69) is 15.3 Å². The van der Waals surface area contributed by atoms with Crippen LogP contribution in [0.1, 0.15) is 18.5 Å². The van der Waals surface area contributed by atoms with E-state index in [9.17, 15) is 10.1 Å². The quantitative estimate of drug-likeness (QED) is 0.665. The highest BCUT2D eigenvalue weighted by molar-refractivity contribution is 5.36. The number of ether oxygens (including phenoxy) is 1. The Morgan fingerprint density at radius 3 is 2.35 bits per heavy atom. The van der Waals surface area contributed by atoms with Crippen LogP contribution < -0.4 is 10.1 Å². The smallest absolute Gasteiger partial charge is 0.305 e. The first-order valence-electron chi connectivity index (χ1n) is 5.97. The number of methoxy groups -OCH3 is 1. The lowest BCUT2D eigenvalue weighted by Gasteiger charge is -2.14. The van der Waals surface area contributed by atoms with Gasteiger partial charge in [0.1, 0.15) is 18.1 Å². The van der Waals surface area contributed by atoms with E-state index in [1.165, 1.54) is 12.4 Å². The van der Waals surface area contributed by atoms with Gasteiger partial charge < -0.3 is 10.1 Å². The fraction of sp³-hybridized carbons (Fsp3) is 0.231. The van der Waals surface area contributed by atoms with Crippen molar-refractivity contribution in [2.24, 2.45) is 0 Å². The first-order valence-corrected chi connectivity index (χ1v) is 5.97. The van der Waals surface area contributed by atoms with E-state index in [1.807, 2.05) is 31.2 Å². The summed E-state index contributed by atoms with van der Waals surface area (Å²) in [6.07, 6.45) is 2.35. The number of hydrogen-bond acceptors (Lipinski definition) is 6. The molecule has 0 fully saturated rings. The van der Waals surface area contributed by atoms with Crippen molar-refractivity contribution in [2.45, 2.75) is 13.0 Å². The Hall–Kier alpha value is -2.70. The van der Waals surface area contributed by atoms with E-state index in [0.717, 1.165) is 11.3 Å². The monoisotopic (exact) mass is 274 g/mol. The Kier molecular flexibility index (Phi) is 4.09. The van der Waals surface area contributed by atoms with Gasteiger partial charge in [-0.2, -0.15) is 0 Å². The maximum Gasteiger partial charge on any atom is 0.305 e. The highest BCUT2D eigenvalue weighted by Crippen LogP contribution is 2.20. The SMILES string of the molecule is COc1ccc(C(C)Nc2ncc([N+](=O)[O-])cn2)cc1. The second kappa shape index (κ2) is 5.96. The molecule has 0 aliphatic heterocycles. The Balaban J connectivity index is 2.06. The average Bonchev–Trinajstić information content (AvgIpc) is 2.48. The van der Waals surface area contributed by atoms with Gasteiger partial charge in [0.25, 0.3) is 0 Å². The van der Waals surface area contributed by atoms with Crippen LogP contribution in [0.3, 0.4) is 0 Å². The van der Waals surface area contributed by atoms with Crippen LogP contribution in [0.5, 0.6) is 5.75 Å². The number of benzene rings is 1. The Labute approximate surface area is 115 Å². The van der Waals surface area contributed by atoms with Gasteiger partial charge in [0.2, 0.25) is 5.95 Å². The molecule has 0 radical (unpaired) electrons. The van der Waals surface area contributed by atoms with Gasteiger partial charge in [0.05, 0.1) is 18.1 Å². The minimum absolute atomic E-state index is 0.0256. The molecule has 0 saturated carbocycles. The molecule has 7 nitrogen and oxygen atoms in total. The molecule has 7 heteroatoms. The van der Waals surface area contributed by atoms with Crippen molar-refractivity contribution in [3.63, 3.8) is 0 Å². The lowest BCUT2D eigenvalue weighted by Crippen LogP contribution is -2.09. The molecule has 1 heterocycles. The van der Waals surface area contributed by atoms with Crippen LogP contribution in [0, 0.1) is 10.1 Å². The van der Waals surface area contributed by atoms with Gasteiger partial charge in [-0.15, -0.1) is 0 Å². The summed E-state index contributed by atoms with van der Waals surface area (Å²) < 4.78 is 5.09.